The van der Waals surface area contributed by atoms with Crippen LogP contribution < -0.4 is 5.32 Å². The summed E-state index contributed by atoms with van der Waals surface area (Å²) in [6, 6.07) is 16.0. The highest BCUT2D eigenvalue weighted by molar-refractivity contribution is 6.04. The molecule has 1 N–H and O–H groups in total. The minimum Gasteiger partial charge on any atom is -0.459 e. The van der Waals surface area contributed by atoms with Gasteiger partial charge in [0.05, 0.1) is 11.7 Å². The predicted molar refractivity (Wildman–Crippen MR) is 121 cm³/mol. The Balaban J connectivity index is 1.78. The van der Waals surface area contributed by atoms with Crippen LogP contribution in [-0.2, 0) is 14.3 Å². The summed E-state index contributed by atoms with van der Waals surface area (Å²) in [5.74, 6) is -1.30. The molecule has 5 heteroatoms. The van der Waals surface area contributed by atoms with Gasteiger partial charge in [0.25, 0.3) is 0 Å². The van der Waals surface area contributed by atoms with E-state index in [9.17, 15) is 14.0 Å². The number of hydrogen-bond donors (Lipinski definition) is 1. The molecule has 166 valence electrons. The van der Waals surface area contributed by atoms with Crippen molar-refractivity contribution in [3.63, 3.8) is 0 Å². The van der Waals surface area contributed by atoms with Gasteiger partial charge in [-0.2, -0.15) is 0 Å². The molecule has 0 fully saturated rings. The maximum Gasteiger partial charge on any atom is 0.337 e. The normalized spacial score (nSPS) is 21.7. The van der Waals surface area contributed by atoms with Crippen LogP contribution in [0, 0.1) is 5.82 Å². The fourth-order valence-corrected chi connectivity index (χ4v) is 4.59. The summed E-state index contributed by atoms with van der Waals surface area (Å²) in [7, 11) is 0. The van der Waals surface area contributed by atoms with Crippen molar-refractivity contribution in [1.29, 1.82) is 0 Å². The van der Waals surface area contributed by atoms with Crippen LogP contribution in [0.15, 0.2) is 77.1 Å². The molecule has 0 bridgehead atoms. The topological polar surface area (TPSA) is 55.4 Å². The molecule has 0 spiro atoms. The van der Waals surface area contributed by atoms with E-state index in [0.29, 0.717) is 41.7 Å². The average molecular weight is 434 g/mol. The number of dihydropyridines is 1. The van der Waals surface area contributed by atoms with E-state index in [-0.39, 0.29) is 23.6 Å². The van der Waals surface area contributed by atoms with Crippen LogP contribution in [0.1, 0.15) is 63.0 Å². The van der Waals surface area contributed by atoms with Crippen molar-refractivity contribution in [2.24, 2.45) is 0 Å². The van der Waals surface area contributed by atoms with Gasteiger partial charge < -0.3 is 10.1 Å². The summed E-state index contributed by atoms with van der Waals surface area (Å²) < 4.78 is 19.3. The molecule has 0 saturated heterocycles. The molecule has 0 saturated carbocycles. The Labute approximate surface area is 188 Å². The lowest BCUT2D eigenvalue weighted by atomic mass is 9.72. The van der Waals surface area contributed by atoms with Crippen molar-refractivity contribution in [1.82, 2.24) is 5.32 Å². The number of allylic oxidation sites excluding steroid dienone is 3. The van der Waals surface area contributed by atoms with Crippen LogP contribution >= 0.6 is 0 Å². The molecular formula is C27H28FNO3. The van der Waals surface area contributed by atoms with Crippen molar-refractivity contribution in [2.75, 3.05) is 0 Å². The van der Waals surface area contributed by atoms with Gasteiger partial charge in [0.2, 0.25) is 0 Å². The number of halogens is 1. The summed E-state index contributed by atoms with van der Waals surface area (Å²) in [6.45, 7) is 5.63. The largest absolute Gasteiger partial charge is 0.459 e. The lowest BCUT2D eigenvalue weighted by Gasteiger charge is -2.37. The van der Waals surface area contributed by atoms with Gasteiger partial charge in [-0.3, -0.25) is 4.79 Å². The minimum absolute atomic E-state index is 0.00303. The first-order chi connectivity index (χ1) is 15.4. The number of ether oxygens (including phenoxy) is 1. The first-order valence-electron chi connectivity index (χ1n) is 11.1. The summed E-state index contributed by atoms with van der Waals surface area (Å²) in [6.07, 6.45) is 1.50. The molecule has 1 aliphatic carbocycles. The molecule has 0 aromatic heterocycles. The Morgan fingerprint density at radius 3 is 2.44 bits per heavy atom. The number of Topliss-reactive ketones (excluding diaryl/α,β-unsaturated/α-hetero) is 1. The maximum atomic E-state index is 13.7. The van der Waals surface area contributed by atoms with E-state index in [1.165, 1.54) is 12.1 Å². The van der Waals surface area contributed by atoms with E-state index in [4.69, 9.17) is 4.74 Å². The van der Waals surface area contributed by atoms with Gasteiger partial charge in [-0.1, -0.05) is 49.4 Å². The third kappa shape index (κ3) is 4.24. The SMILES string of the molecule is CC[C@H](C)OC(=O)C1=C(C)NC2=C(C(=O)C[C@@H](c3ccccc3)C2)[C@@H]1c1ccc(F)cc1. The summed E-state index contributed by atoms with van der Waals surface area (Å²) >= 11 is 0. The highest BCUT2D eigenvalue weighted by Crippen LogP contribution is 2.45. The zero-order chi connectivity index (χ0) is 22.8. The van der Waals surface area contributed by atoms with Gasteiger partial charge in [-0.25, -0.2) is 9.18 Å². The second kappa shape index (κ2) is 9.11. The van der Waals surface area contributed by atoms with Crippen molar-refractivity contribution >= 4 is 11.8 Å². The van der Waals surface area contributed by atoms with Crippen LogP contribution in [0.2, 0.25) is 0 Å². The van der Waals surface area contributed by atoms with E-state index in [1.807, 2.05) is 51.1 Å². The van der Waals surface area contributed by atoms with Gasteiger partial charge in [0.15, 0.2) is 5.78 Å². The van der Waals surface area contributed by atoms with Crippen LogP contribution in [0.5, 0.6) is 0 Å². The van der Waals surface area contributed by atoms with Crippen LogP contribution in [0.4, 0.5) is 4.39 Å². The smallest absolute Gasteiger partial charge is 0.337 e. The quantitative estimate of drug-likeness (QED) is 0.630. The molecule has 1 heterocycles. The van der Waals surface area contributed by atoms with E-state index >= 15 is 0 Å². The highest BCUT2D eigenvalue weighted by Gasteiger charge is 2.41. The van der Waals surface area contributed by atoms with Crippen molar-refractivity contribution in [3.05, 3.63) is 94.1 Å². The fraction of sp³-hybridized carbons (Fsp3) is 0.333. The van der Waals surface area contributed by atoms with Gasteiger partial charge in [-0.15, -0.1) is 0 Å². The summed E-state index contributed by atoms with van der Waals surface area (Å²) in [5, 5.41) is 3.35. The Bertz CT molecular complexity index is 1090. The maximum absolute atomic E-state index is 13.7. The fourth-order valence-electron chi connectivity index (χ4n) is 4.59. The molecule has 2 aromatic rings. The molecule has 3 atom stereocenters. The molecule has 32 heavy (non-hydrogen) atoms. The second-order valence-electron chi connectivity index (χ2n) is 8.60. The second-order valence-corrected chi connectivity index (χ2v) is 8.60. The number of nitrogens with one attached hydrogen (secondary N) is 1. The third-order valence-corrected chi connectivity index (χ3v) is 6.40. The monoisotopic (exact) mass is 433 g/mol. The van der Waals surface area contributed by atoms with Crippen LogP contribution in [-0.4, -0.2) is 17.9 Å². The number of carbonyl (C=O) groups is 2. The summed E-state index contributed by atoms with van der Waals surface area (Å²) in [4.78, 5) is 26.6. The third-order valence-electron chi connectivity index (χ3n) is 6.40. The number of carbonyl (C=O) groups excluding carboxylic acids is 2. The van der Waals surface area contributed by atoms with E-state index in [0.717, 1.165) is 11.3 Å². The van der Waals surface area contributed by atoms with Crippen LogP contribution in [0.3, 0.4) is 0 Å². The standard InChI is InChI=1S/C27H28FNO3/c1-4-16(2)32-27(31)24-17(3)29-22-14-20(18-8-6-5-7-9-18)15-23(30)26(22)25(24)19-10-12-21(28)13-11-19/h5-13,16,20,25,29H,4,14-15H2,1-3H3/t16-,20-,25+/m0/s1. The van der Waals surface area contributed by atoms with Crippen LogP contribution in [0.25, 0.3) is 0 Å². The van der Waals surface area contributed by atoms with Gasteiger partial charge in [-0.05, 0) is 55.9 Å². The number of ketones is 1. The number of hydrogen-bond acceptors (Lipinski definition) is 4. The Morgan fingerprint density at radius 2 is 1.78 bits per heavy atom. The first-order valence-corrected chi connectivity index (χ1v) is 11.1. The minimum atomic E-state index is -0.576. The molecule has 2 aromatic carbocycles. The van der Waals surface area contributed by atoms with Crippen molar-refractivity contribution < 1.29 is 18.7 Å². The molecule has 0 radical (unpaired) electrons. The zero-order valence-electron chi connectivity index (χ0n) is 18.7. The van der Waals surface area contributed by atoms with E-state index < -0.39 is 11.9 Å². The molecule has 4 rings (SSSR count). The zero-order valence-corrected chi connectivity index (χ0v) is 18.7. The van der Waals surface area contributed by atoms with E-state index in [1.54, 1.807) is 12.1 Å². The average Bonchev–Trinajstić information content (AvgIpc) is 2.79. The van der Waals surface area contributed by atoms with Crippen molar-refractivity contribution in [3.8, 4) is 0 Å². The van der Waals surface area contributed by atoms with Gasteiger partial charge >= 0.3 is 5.97 Å². The number of benzene rings is 2. The summed E-state index contributed by atoms with van der Waals surface area (Å²) in [5.41, 5.74) is 4.35. The van der Waals surface area contributed by atoms with Gasteiger partial charge in [0, 0.05) is 29.3 Å². The molecular weight excluding hydrogens is 405 g/mol. The Kier molecular flexibility index (Phi) is 6.26. The van der Waals surface area contributed by atoms with Crippen molar-refractivity contribution in [2.45, 2.75) is 58.0 Å². The lowest BCUT2D eigenvalue weighted by Crippen LogP contribution is -2.36. The first kappa shape index (κ1) is 22.0. The molecule has 4 nitrogen and oxygen atoms in total. The molecule has 2 aliphatic rings. The van der Waals surface area contributed by atoms with Gasteiger partial charge in [0.1, 0.15) is 5.82 Å². The van der Waals surface area contributed by atoms with E-state index in [2.05, 4.69) is 5.32 Å². The molecule has 1 aliphatic heterocycles. The Hall–Kier alpha value is -3.21. The highest BCUT2D eigenvalue weighted by atomic mass is 19.1. The molecule has 0 unspecified atom stereocenters. The molecule has 0 amide bonds. The number of rotatable bonds is 5. The predicted octanol–water partition coefficient (Wildman–Crippen LogP) is 5.53. The number of esters is 1. The lowest BCUT2D eigenvalue weighted by molar-refractivity contribution is -0.144. The Morgan fingerprint density at radius 1 is 1.09 bits per heavy atom.